The molecule has 0 spiro atoms. The zero-order chi connectivity index (χ0) is 8.41. The van der Waals surface area contributed by atoms with Gasteiger partial charge in [0.1, 0.15) is 0 Å². The van der Waals surface area contributed by atoms with Crippen LogP contribution in [0.3, 0.4) is 0 Å². The predicted molar refractivity (Wildman–Crippen MR) is 34.0 cm³/mol. The minimum Gasteiger partial charge on any atom is -0.387 e. The third kappa shape index (κ3) is 7.93. The Bertz CT molecular complexity index is 114. The molecule has 0 saturated carbocycles. The summed E-state index contributed by atoms with van der Waals surface area (Å²) in [7, 11) is -8.79. The monoisotopic (exact) mass is 184 g/mol. The van der Waals surface area contributed by atoms with E-state index in [2.05, 4.69) is 0 Å². The highest BCUT2D eigenvalue weighted by atomic mass is 28.4. The van der Waals surface area contributed by atoms with Gasteiger partial charge in [-0.2, -0.15) is 0 Å². The van der Waals surface area contributed by atoms with Crippen molar-refractivity contribution in [1.29, 1.82) is 0 Å². The average molecular weight is 184 g/mol. The molecule has 0 atom stereocenters. The van der Waals surface area contributed by atoms with E-state index in [1.807, 2.05) is 0 Å². The Morgan fingerprint density at radius 1 is 0.600 bits per heavy atom. The maximum absolute atomic E-state index is 8.23. The van der Waals surface area contributed by atoms with E-state index in [1.54, 1.807) is 0 Å². The first-order valence-corrected chi connectivity index (χ1v) is 6.09. The summed E-state index contributed by atoms with van der Waals surface area (Å²) in [6, 6.07) is 0. The van der Waals surface area contributed by atoms with Crippen molar-refractivity contribution in [3.63, 3.8) is 0 Å². The number of rotatable bonds is 2. The molecule has 0 aromatic heterocycles. The third-order valence-corrected chi connectivity index (χ3v) is 2.09. The Labute approximate surface area is 58.7 Å². The van der Waals surface area contributed by atoms with Gasteiger partial charge in [0.2, 0.25) is 0 Å². The van der Waals surface area contributed by atoms with E-state index in [0.29, 0.717) is 11.4 Å². The van der Waals surface area contributed by atoms with Gasteiger partial charge in [0, 0.05) is 0 Å². The second kappa shape index (κ2) is 2.90. The summed E-state index contributed by atoms with van der Waals surface area (Å²) < 4.78 is 0. The lowest BCUT2D eigenvalue weighted by molar-refractivity contribution is 0.239. The van der Waals surface area contributed by atoms with E-state index < -0.39 is 17.6 Å². The first-order valence-electron chi connectivity index (χ1n) is 2.25. The first kappa shape index (κ1) is 9.93. The molecular formula is C2H8O6Si2. The van der Waals surface area contributed by atoms with Crippen LogP contribution in [0, 0.1) is 0 Å². The quantitative estimate of drug-likeness (QED) is 0.247. The molecule has 0 amide bonds. The highest BCUT2D eigenvalue weighted by Gasteiger charge is 2.28. The summed E-state index contributed by atoms with van der Waals surface area (Å²) in [5.74, 6) is 0. The van der Waals surface area contributed by atoms with Crippen LogP contribution in [-0.4, -0.2) is 46.4 Å². The normalized spacial score (nSPS) is 14.6. The molecule has 0 saturated heterocycles. The fraction of sp³-hybridized carbons (Fsp3) is 0. The average Bonchev–Trinajstić information content (AvgIpc) is 1.57. The van der Waals surface area contributed by atoms with E-state index in [9.17, 15) is 0 Å². The molecule has 0 fully saturated rings. The van der Waals surface area contributed by atoms with Gasteiger partial charge in [-0.15, -0.1) is 0 Å². The lowest BCUT2D eigenvalue weighted by atomic mass is 11.2. The van der Waals surface area contributed by atoms with Crippen LogP contribution in [0.15, 0.2) is 11.4 Å². The highest BCUT2D eigenvalue weighted by Crippen LogP contribution is 1.93. The summed E-state index contributed by atoms with van der Waals surface area (Å²) >= 11 is 0. The van der Waals surface area contributed by atoms with Crippen molar-refractivity contribution >= 4 is 17.6 Å². The molecular weight excluding hydrogens is 176 g/mol. The minimum absolute atomic E-state index is 0.388. The Kier molecular flexibility index (Phi) is 2.88. The number of hydrogen-bond acceptors (Lipinski definition) is 6. The van der Waals surface area contributed by atoms with Crippen LogP contribution in [0.4, 0.5) is 0 Å². The Morgan fingerprint density at radius 3 is 0.900 bits per heavy atom. The van der Waals surface area contributed by atoms with Crippen LogP contribution in [0.5, 0.6) is 0 Å². The van der Waals surface area contributed by atoms with Crippen molar-refractivity contribution < 1.29 is 28.8 Å². The van der Waals surface area contributed by atoms with Crippen molar-refractivity contribution in [2.45, 2.75) is 0 Å². The van der Waals surface area contributed by atoms with E-state index in [1.165, 1.54) is 0 Å². The van der Waals surface area contributed by atoms with Crippen molar-refractivity contribution in [2.24, 2.45) is 0 Å². The second-order valence-corrected chi connectivity index (χ2v) is 5.12. The van der Waals surface area contributed by atoms with Gasteiger partial charge in [-0.1, -0.05) is 0 Å². The molecule has 0 heterocycles. The van der Waals surface area contributed by atoms with Gasteiger partial charge < -0.3 is 28.8 Å². The predicted octanol–water partition coefficient (Wildman–Crippen LogP) is -3.55. The molecule has 10 heavy (non-hydrogen) atoms. The number of hydrogen-bond donors (Lipinski definition) is 6. The standard InChI is InChI=1S/C2H8O6Si2/c3-9(4,5)1-2-10(6,7)8/h1-8H/b2-1-. The molecule has 0 bridgehead atoms. The topological polar surface area (TPSA) is 121 Å². The second-order valence-electron chi connectivity index (χ2n) is 1.71. The third-order valence-electron chi connectivity index (χ3n) is 0.531. The van der Waals surface area contributed by atoms with Gasteiger partial charge in [0.05, 0.1) is 0 Å². The molecule has 8 heteroatoms. The Hall–Kier alpha value is -0.0662. The lowest BCUT2D eigenvalue weighted by Gasteiger charge is -2.04. The van der Waals surface area contributed by atoms with Gasteiger partial charge in [-0.3, -0.25) is 0 Å². The molecule has 0 aliphatic heterocycles. The van der Waals surface area contributed by atoms with Gasteiger partial charge in [0.25, 0.3) is 0 Å². The fourth-order valence-electron chi connectivity index (χ4n) is 0.224. The molecule has 0 aromatic rings. The van der Waals surface area contributed by atoms with E-state index in [-0.39, 0.29) is 0 Å². The van der Waals surface area contributed by atoms with E-state index >= 15 is 0 Å². The zero-order valence-electron chi connectivity index (χ0n) is 4.84. The molecule has 0 aliphatic rings. The molecule has 60 valence electrons. The summed E-state index contributed by atoms with van der Waals surface area (Å²) in [5.41, 5.74) is 0.776. The van der Waals surface area contributed by atoms with Crippen LogP contribution in [0.2, 0.25) is 0 Å². The maximum atomic E-state index is 8.23. The highest BCUT2D eigenvalue weighted by molar-refractivity contribution is 6.68. The van der Waals surface area contributed by atoms with Gasteiger partial charge in [-0.25, -0.2) is 0 Å². The van der Waals surface area contributed by atoms with Crippen molar-refractivity contribution in [2.75, 3.05) is 0 Å². The first-order chi connectivity index (χ1) is 4.21. The van der Waals surface area contributed by atoms with E-state index in [0.717, 1.165) is 0 Å². The van der Waals surface area contributed by atoms with Crippen LogP contribution in [0.1, 0.15) is 0 Å². The lowest BCUT2D eigenvalue weighted by Crippen LogP contribution is -2.37. The zero-order valence-corrected chi connectivity index (χ0v) is 6.84. The molecule has 6 N–H and O–H groups in total. The van der Waals surface area contributed by atoms with Gasteiger partial charge >= 0.3 is 17.6 Å². The Morgan fingerprint density at radius 2 is 0.800 bits per heavy atom. The van der Waals surface area contributed by atoms with Crippen LogP contribution < -0.4 is 0 Å². The largest absolute Gasteiger partial charge is 0.520 e. The molecule has 0 aliphatic carbocycles. The van der Waals surface area contributed by atoms with Gasteiger partial charge in [-0.05, 0) is 11.4 Å². The van der Waals surface area contributed by atoms with Crippen LogP contribution in [0.25, 0.3) is 0 Å². The van der Waals surface area contributed by atoms with E-state index in [4.69, 9.17) is 28.8 Å². The molecule has 0 unspecified atom stereocenters. The van der Waals surface area contributed by atoms with Crippen LogP contribution >= 0.6 is 0 Å². The van der Waals surface area contributed by atoms with Crippen molar-refractivity contribution in [3.05, 3.63) is 11.4 Å². The minimum atomic E-state index is -4.39. The molecule has 0 radical (unpaired) electrons. The fourth-order valence-corrected chi connectivity index (χ4v) is 2.01. The molecule has 6 nitrogen and oxygen atoms in total. The SMILES string of the molecule is O[Si](O)(O)/C=C\[Si](O)(O)O. The summed E-state index contributed by atoms with van der Waals surface area (Å²) in [5, 5.41) is 0. The van der Waals surface area contributed by atoms with Crippen LogP contribution in [-0.2, 0) is 0 Å². The smallest absolute Gasteiger partial charge is 0.387 e. The molecule has 0 aromatic carbocycles. The summed E-state index contributed by atoms with van der Waals surface area (Å²) in [6.45, 7) is 0. The summed E-state index contributed by atoms with van der Waals surface area (Å²) in [4.78, 5) is 49.4. The van der Waals surface area contributed by atoms with Crippen molar-refractivity contribution in [3.8, 4) is 0 Å². The molecule has 0 rings (SSSR count). The van der Waals surface area contributed by atoms with Crippen molar-refractivity contribution in [1.82, 2.24) is 0 Å². The summed E-state index contributed by atoms with van der Waals surface area (Å²) in [6.07, 6.45) is 0. The Balaban J connectivity index is 4.01. The maximum Gasteiger partial charge on any atom is 0.520 e. The van der Waals surface area contributed by atoms with Gasteiger partial charge in [0.15, 0.2) is 0 Å².